The molecular formula is C17H22BrNO2. The monoisotopic (exact) mass is 351 g/mol. The Morgan fingerprint density at radius 1 is 1.24 bits per heavy atom. The van der Waals surface area contributed by atoms with Crippen LogP contribution in [0.5, 0.6) is 5.75 Å². The fourth-order valence-corrected chi connectivity index (χ4v) is 2.34. The lowest BCUT2D eigenvalue weighted by atomic mass is 10.2. The van der Waals surface area contributed by atoms with Crippen LogP contribution in [-0.2, 0) is 13.2 Å². The van der Waals surface area contributed by atoms with Crippen molar-refractivity contribution < 1.29 is 9.15 Å². The zero-order chi connectivity index (χ0) is 15.2. The van der Waals surface area contributed by atoms with Gasteiger partial charge >= 0.3 is 0 Å². The molecule has 0 aliphatic rings. The van der Waals surface area contributed by atoms with Crippen LogP contribution in [0.25, 0.3) is 0 Å². The fourth-order valence-electron chi connectivity index (χ4n) is 2.10. The average molecular weight is 352 g/mol. The van der Waals surface area contributed by atoms with Crippen LogP contribution < -0.4 is 10.1 Å². The number of halogens is 1. The van der Waals surface area contributed by atoms with E-state index >= 15 is 0 Å². The van der Waals surface area contributed by atoms with Crippen molar-refractivity contribution in [3.63, 3.8) is 0 Å². The zero-order valence-corrected chi connectivity index (χ0v) is 14.4. The van der Waals surface area contributed by atoms with E-state index in [1.165, 1.54) is 5.56 Å². The first-order chi connectivity index (χ1) is 10.1. The second-order valence-corrected chi connectivity index (χ2v) is 6.02. The molecule has 0 fully saturated rings. The predicted molar refractivity (Wildman–Crippen MR) is 88.7 cm³/mol. The molecule has 1 heterocycles. The first-order valence-corrected chi connectivity index (χ1v) is 8.07. The Labute approximate surface area is 134 Å². The summed E-state index contributed by atoms with van der Waals surface area (Å²) in [6.45, 7) is 8.53. The molecule has 0 bridgehead atoms. The van der Waals surface area contributed by atoms with Crippen molar-refractivity contribution in [2.75, 3.05) is 6.54 Å². The molecule has 0 aliphatic heterocycles. The van der Waals surface area contributed by atoms with E-state index in [9.17, 15) is 0 Å². The van der Waals surface area contributed by atoms with Crippen LogP contribution >= 0.6 is 15.9 Å². The molecule has 1 N–H and O–H groups in total. The smallest absolute Gasteiger partial charge is 0.146 e. The summed E-state index contributed by atoms with van der Waals surface area (Å²) in [5, 5.41) is 3.39. The summed E-state index contributed by atoms with van der Waals surface area (Å²) in [6, 6.07) is 8.04. The van der Waals surface area contributed by atoms with Crippen LogP contribution in [0, 0.1) is 13.8 Å². The van der Waals surface area contributed by atoms with E-state index in [0.29, 0.717) is 6.61 Å². The van der Waals surface area contributed by atoms with Gasteiger partial charge in [-0.3, -0.25) is 0 Å². The molecule has 1 aromatic heterocycles. The number of rotatable bonds is 7. The number of nitrogens with one attached hydrogen (secondary N) is 1. The van der Waals surface area contributed by atoms with Gasteiger partial charge in [-0.25, -0.2) is 0 Å². The van der Waals surface area contributed by atoms with Gasteiger partial charge in [0.05, 0.1) is 0 Å². The third-order valence-electron chi connectivity index (χ3n) is 3.32. The SMILES string of the molecule is CCCNCc1cc(COc2ccc(Br)c(C)c2)oc1C. The molecule has 0 aliphatic carbocycles. The van der Waals surface area contributed by atoms with E-state index in [2.05, 4.69) is 34.2 Å². The molecule has 0 amide bonds. The zero-order valence-electron chi connectivity index (χ0n) is 12.8. The van der Waals surface area contributed by atoms with Gasteiger partial charge in [0, 0.05) is 16.6 Å². The van der Waals surface area contributed by atoms with Gasteiger partial charge in [-0.1, -0.05) is 22.9 Å². The largest absolute Gasteiger partial charge is 0.486 e. The quantitative estimate of drug-likeness (QED) is 0.731. The van der Waals surface area contributed by atoms with Crippen LogP contribution in [0.15, 0.2) is 33.2 Å². The predicted octanol–water partition coefficient (Wildman–Crippen LogP) is 4.74. The second-order valence-electron chi connectivity index (χ2n) is 5.17. The van der Waals surface area contributed by atoms with Gasteiger partial charge in [-0.2, -0.15) is 0 Å². The highest BCUT2D eigenvalue weighted by Crippen LogP contribution is 2.23. The van der Waals surface area contributed by atoms with Crippen LogP contribution in [0.3, 0.4) is 0 Å². The van der Waals surface area contributed by atoms with E-state index in [-0.39, 0.29) is 0 Å². The summed E-state index contributed by atoms with van der Waals surface area (Å²) >= 11 is 3.49. The maximum absolute atomic E-state index is 5.79. The van der Waals surface area contributed by atoms with Gasteiger partial charge in [0.25, 0.3) is 0 Å². The highest BCUT2D eigenvalue weighted by atomic mass is 79.9. The molecule has 0 spiro atoms. The number of aryl methyl sites for hydroxylation is 2. The molecule has 0 radical (unpaired) electrons. The summed E-state index contributed by atoms with van der Waals surface area (Å²) in [5.74, 6) is 2.68. The Kier molecular flexibility index (Phi) is 5.88. The van der Waals surface area contributed by atoms with Crippen molar-refractivity contribution in [3.05, 3.63) is 51.4 Å². The molecule has 114 valence electrons. The number of hydrogen-bond acceptors (Lipinski definition) is 3. The van der Waals surface area contributed by atoms with Gasteiger partial charge in [0.1, 0.15) is 23.9 Å². The van der Waals surface area contributed by atoms with Gasteiger partial charge in [0.2, 0.25) is 0 Å². The van der Waals surface area contributed by atoms with E-state index in [0.717, 1.165) is 46.8 Å². The van der Waals surface area contributed by atoms with Crippen molar-refractivity contribution >= 4 is 15.9 Å². The summed E-state index contributed by atoms with van der Waals surface area (Å²) in [5.41, 5.74) is 2.36. The van der Waals surface area contributed by atoms with Crippen LogP contribution in [0.4, 0.5) is 0 Å². The summed E-state index contributed by atoms with van der Waals surface area (Å²) < 4.78 is 12.6. The average Bonchev–Trinajstić information content (AvgIpc) is 2.81. The van der Waals surface area contributed by atoms with Gasteiger partial charge < -0.3 is 14.5 Å². The molecule has 0 saturated heterocycles. The third-order valence-corrected chi connectivity index (χ3v) is 4.21. The Hall–Kier alpha value is -1.26. The maximum Gasteiger partial charge on any atom is 0.146 e. The molecule has 4 heteroatoms. The normalized spacial score (nSPS) is 10.9. The number of furan rings is 1. The van der Waals surface area contributed by atoms with Gasteiger partial charge in [0.15, 0.2) is 0 Å². The molecule has 2 rings (SSSR count). The Morgan fingerprint density at radius 2 is 2.05 bits per heavy atom. The fraction of sp³-hybridized carbons (Fsp3) is 0.412. The molecule has 21 heavy (non-hydrogen) atoms. The Bertz CT molecular complexity index is 592. The van der Waals surface area contributed by atoms with E-state index < -0.39 is 0 Å². The summed E-state index contributed by atoms with van der Waals surface area (Å²) in [4.78, 5) is 0. The molecule has 1 aromatic carbocycles. The number of benzene rings is 1. The minimum Gasteiger partial charge on any atom is -0.486 e. The second kappa shape index (κ2) is 7.66. The number of hydrogen-bond donors (Lipinski definition) is 1. The lowest BCUT2D eigenvalue weighted by molar-refractivity contribution is 0.267. The van der Waals surface area contributed by atoms with Crippen molar-refractivity contribution in [2.24, 2.45) is 0 Å². The molecule has 2 aromatic rings. The van der Waals surface area contributed by atoms with Crippen LogP contribution in [0.2, 0.25) is 0 Å². The van der Waals surface area contributed by atoms with Crippen molar-refractivity contribution in [3.8, 4) is 5.75 Å². The standard InChI is InChI=1S/C17H22BrNO2/c1-4-7-19-10-14-9-16(21-13(14)3)11-20-15-5-6-17(18)12(2)8-15/h5-6,8-9,19H,4,7,10-11H2,1-3H3. The number of ether oxygens (including phenoxy) is 1. The topological polar surface area (TPSA) is 34.4 Å². The Morgan fingerprint density at radius 3 is 2.76 bits per heavy atom. The van der Waals surface area contributed by atoms with Gasteiger partial charge in [-0.15, -0.1) is 0 Å². The lowest BCUT2D eigenvalue weighted by Gasteiger charge is -2.06. The summed E-state index contributed by atoms with van der Waals surface area (Å²) in [7, 11) is 0. The van der Waals surface area contributed by atoms with Crippen molar-refractivity contribution in [1.82, 2.24) is 5.32 Å². The van der Waals surface area contributed by atoms with E-state index in [1.807, 2.05) is 32.0 Å². The summed E-state index contributed by atoms with van der Waals surface area (Å²) in [6.07, 6.45) is 1.13. The first-order valence-electron chi connectivity index (χ1n) is 7.28. The minimum absolute atomic E-state index is 0.454. The van der Waals surface area contributed by atoms with E-state index in [4.69, 9.17) is 9.15 Å². The molecule has 3 nitrogen and oxygen atoms in total. The third kappa shape index (κ3) is 4.61. The minimum atomic E-state index is 0.454. The molecule has 0 unspecified atom stereocenters. The lowest BCUT2D eigenvalue weighted by Crippen LogP contribution is -2.13. The maximum atomic E-state index is 5.79. The highest BCUT2D eigenvalue weighted by molar-refractivity contribution is 9.10. The highest BCUT2D eigenvalue weighted by Gasteiger charge is 2.08. The van der Waals surface area contributed by atoms with Crippen molar-refractivity contribution in [2.45, 2.75) is 40.3 Å². The van der Waals surface area contributed by atoms with Crippen LogP contribution in [0.1, 0.15) is 36.0 Å². The Balaban J connectivity index is 1.93. The molecule has 0 saturated carbocycles. The molecule has 0 atom stereocenters. The first kappa shape index (κ1) is 16.1. The van der Waals surface area contributed by atoms with Crippen LogP contribution in [-0.4, -0.2) is 6.54 Å². The van der Waals surface area contributed by atoms with Gasteiger partial charge in [-0.05, 0) is 56.6 Å². The molecular weight excluding hydrogens is 330 g/mol. The van der Waals surface area contributed by atoms with E-state index in [1.54, 1.807) is 0 Å². The van der Waals surface area contributed by atoms with Crippen molar-refractivity contribution in [1.29, 1.82) is 0 Å².